The summed E-state index contributed by atoms with van der Waals surface area (Å²) in [5.41, 5.74) is 1.31. The summed E-state index contributed by atoms with van der Waals surface area (Å²) in [6.07, 6.45) is 0. The third-order valence-corrected chi connectivity index (χ3v) is 2.63. The van der Waals surface area contributed by atoms with Crippen molar-refractivity contribution in [3.8, 4) is 5.75 Å². The van der Waals surface area contributed by atoms with Gasteiger partial charge in [-0.1, -0.05) is 39.0 Å². The Morgan fingerprint density at radius 2 is 1.69 bits per heavy atom. The highest BCUT2D eigenvalue weighted by Gasteiger charge is 2.13. The normalized spacial score (nSPS) is 13.0. The average Bonchev–Trinajstić information content (AvgIpc) is 2.16. The van der Waals surface area contributed by atoms with Gasteiger partial charge < -0.3 is 4.74 Å². The minimum Gasteiger partial charge on any atom is -0.496 e. The van der Waals surface area contributed by atoms with Gasteiger partial charge in [0.2, 0.25) is 0 Å². The fourth-order valence-electron chi connectivity index (χ4n) is 1.40. The summed E-state index contributed by atoms with van der Waals surface area (Å²) in [5, 5.41) is 0. The second kappa shape index (κ2) is 4.31. The van der Waals surface area contributed by atoms with Crippen molar-refractivity contribution in [2.45, 2.75) is 26.7 Å². The zero-order valence-electron chi connectivity index (χ0n) is 8.87. The Labute approximate surface area is 80.7 Å². The quantitative estimate of drug-likeness (QED) is 0.688. The van der Waals surface area contributed by atoms with E-state index in [4.69, 9.17) is 4.74 Å². The third kappa shape index (κ3) is 2.24. The Kier molecular flexibility index (Phi) is 3.35. The molecule has 0 N–H and O–H groups in total. The van der Waals surface area contributed by atoms with Crippen LogP contribution in [0.3, 0.4) is 0 Å². The highest BCUT2D eigenvalue weighted by atomic mass is 16.5. The van der Waals surface area contributed by atoms with Crippen molar-refractivity contribution in [3.63, 3.8) is 0 Å². The van der Waals surface area contributed by atoms with Crippen LogP contribution in [-0.4, -0.2) is 7.11 Å². The Morgan fingerprint density at radius 1 is 1.08 bits per heavy atom. The highest BCUT2D eigenvalue weighted by Crippen LogP contribution is 2.30. The summed E-state index contributed by atoms with van der Waals surface area (Å²) < 4.78 is 5.32. The molecule has 0 aliphatic carbocycles. The Hall–Kier alpha value is -0.980. The molecule has 1 aromatic rings. The summed E-state index contributed by atoms with van der Waals surface area (Å²) >= 11 is 0. The van der Waals surface area contributed by atoms with Crippen LogP contribution in [0.1, 0.15) is 32.3 Å². The summed E-state index contributed by atoms with van der Waals surface area (Å²) in [6, 6.07) is 8.24. The molecule has 1 nitrogen and oxygen atoms in total. The largest absolute Gasteiger partial charge is 0.496 e. The minimum atomic E-state index is 0.552. The first-order chi connectivity index (χ1) is 6.16. The zero-order valence-corrected chi connectivity index (χ0v) is 8.87. The maximum Gasteiger partial charge on any atom is 0.122 e. The SMILES string of the molecule is COc1ccccc1C(C)C(C)C. The van der Waals surface area contributed by atoms with Crippen molar-refractivity contribution in [3.05, 3.63) is 29.8 Å². The van der Waals surface area contributed by atoms with Crippen LogP contribution in [0.4, 0.5) is 0 Å². The second-order valence-electron chi connectivity index (χ2n) is 3.77. The van der Waals surface area contributed by atoms with Gasteiger partial charge in [-0.15, -0.1) is 0 Å². The maximum atomic E-state index is 5.32. The van der Waals surface area contributed by atoms with Gasteiger partial charge >= 0.3 is 0 Å². The molecule has 1 heteroatoms. The fraction of sp³-hybridized carbons (Fsp3) is 0.500. The smallest absolute Gasteiger partial charge is 0.122 e. The zero-order chi connectivity index (χ0) is 9.84. The van der Waals surface area contributed by atoms with Gasteiger partial charge in [0, 0.05) is 0 Å². The van der Waals surface area contributed by atoms with E-state index < -0.39 is 0 Å². The highest BCUT2D eigenvalue weighted by molar-refractivity contribution is 5.36. The van der Waals surface area contributed by atoms with Crippen molar-refractivity contribution in [2.75, 3.05) is 7.11 Å². The third-order valence-electron chi connectivity index (χ3n) is 2.63. The van der Waals surface area contributed by atoms with Crippen molar-refractivity contribution in [1.82, 2.24) is 0 Å². The van der Waals surface area contributed by atoms with Gasteiger partial charge in [-0.05, 0) is 23.5 Å². The average molecular weight is 178 g/mol. The molecule has 0 spiro atoms. The lowest BCUT2D eigenvalue weighted by atomic mass is 9.90. The van der Waals surface area contributed by atoms with E-state index in [-0.39, 0.29) is 0 Å². The van der Waals surface area contributed by atoms with Gasteiger partial charge in [0.1, 0.15) is 5.75 Å². The lowest BCUT2D eigenvalue weighted by Crippen LogP contribution is -2.03. The van der Waals surface area contributed by atoms with Gasteiger partial charge in [-0.25, -0.2) is 0 Å². The van der Waals surface area contributed by atoms with E-state index in [9.17, 15) is 0 Å². The van der Waals surface area contributed by atoms with Crippen LogP contribution in [0, 0.1) is 5.92 Å². The van der Waals surface area contributed by atoms with E-state index in [1.54, 1.807) is 7.11 Å². The number of hydrogen-bond donors (Lipinski definition) is 0. The monoisotopic (exact) mass is 178 g/mol. The van der Waals surface area contributed by atoms with Gasteiger partial charge in [-0.3, -0.25) is 0 Å². The molecule has 1 rings (SSSR count). The first kappa shape index (κ1) is 10.1. The van der Waals surface area contributed by atoms with E-state index in [0.717, 1.165) is 5.75 Å². The lowest BCUT2D eigenvalue weighted by molar-refractivity contribution is 0.399. The molecule has 1 atom stereocenters. The predicted octanol–water partition coefficient (Wildman–Crippen LogP) is 3.45. The molecule has 0 fully saturated rings. The van der Waals surface area contributed by atoms with Gasteiger partial charge in [0.15, 0.2) is 0 Å². The van der Waals surface area contributed by atoms with Crippen molar-refractivity contribution in [2.24, 2.45) is 5.92 Å². The standard InChI is InChI=1S/C12H18O/c1-9(2)10(3)11-7-5-6-8-12(11)13-4/h5-10H,1-4H3. The van der Waals surface area contributed by atoms with Gasteiger partial charge in [0.25, 0.3) is 0 Å². The van der Waals surface area contributed by atoms with E-state index >= 15 is 0 Å². The molecule has 0 bridgehead atoms. The van der Waals surface area contributed by atoms with E-state index in [1.165, 1.54) is 5.56 Å². The van der Waals surface area contributed by atoms with Crippen molar-refractivity contribution >= 4 is 0 Å². The van der Waals surface area contributed by atoms with Crippen molar-refractivity contribution in [1.29, 1.82) is 0 Å². The van der Waals surface area contributed by atoms with Gasteiger partial charge in [0.05, 0.1) is 7.11 Å². The lowest BCUT2D eigenvalue weighted by Gasteiger charge is -2.18. The van der Waals surface area contributed by atoms with Crippen LogP contribution >= 0.6 is 0 Å². The molecule has 13 heavy (non-hydrogen) atoms. The number of benzene rings is 1. The minimum absolute atomic E-state index is 0.552. The van der Waals surface area contributed by atoms with Crippen LogP contribution in [0.15, 0.2) is 24.3 Å². The number of ether oxygens (including phenoxy) is 1. The van der Waals surface area contributed by atoms with Crippen LogP contribution in [0.25, 0.3) is 0 Å². The van der Waals surface area contributed by atoms with Crippen molar-refractivity contribution < 1.29 is 4.74 Å². The number of hydrogen-bond acceptors (Lipinski definition) is 1. The Bertz CT molecular complexity index is 266. The van der Waals surface area contributed by atoms with Crippen LogP contribution in [0.2, 0.25) is 0 Å². The molecular weight excluding hydrogens is 160 g/mol. The van der Waals surface area contributed by atoms with E-state index in [0.29, 0.717) is 11.8 Å². The molecule has 1 unspecified atom stereocenters. The topological polar surface area (TPSA) is 9.23 Å². The van der Waals surface area contributed by atoms with Crippen LogP contribution in [-0.2, 0) is 0 Å². The Morgan fingerprint density at radius 3 is 2.23 bits per heavy atom. The van der Waals surface area contributed by atoms with E-state index in [2.05, 4.69) is 32.9 Å². The summed E-state index contributed by atoms with van der Waals surface area (Å²) in [5.74, 6) is 2.20. The van der Waals surface area contributed by atoms with Crippen LogP contribution < -0.4 is 4.74 Å². The molecule has 72 valence electrons. The molecular formula is C12H18O. The molecule has 1 aromatic carbocycles. The molecule has 0 amide bonds. The molecule has 0 heterocycles. The van der Waals surface area contributed by atoms with Crippen LogP contribution in [0.5, 0.6) is 5.75 Å². The summed E-state index contributed by atoms with van der Waals surface area (Å²) in [6.45, 7) is 6.71. The Balaban J connectivity index is 2.98. The molecule has 0 aliphatic rings. The van der Waals surface area contributed by atoms with Gasteiger partial charge in [-0.2, -0.15) is 0 Å². The number of methoxy groups -OCH3 is 1. The molecule has 0 aromatic heterocycles. The molecule has 0 aliphatic heterocycles. The number of para-hydroxylation sites is 1. The first-order valence-electron chi connectivity index (χ1n) is 4.79. The fourth-order valence-corrected chi connectivity index (χ4v) is 1.40. The predicted molar refractivity (Wildman–Crippen MR) is 56.2 cm³/mol. The number of rotatable bonds is 3. The summed E-state index contributed by atoms with van der Waals surface area (Å²) in [4.78, 5) is 0. The molecule has 0 saturated carbocycles. The second-order valence-corrected chi connectivity index (χ2v) is 3.77. The summed E-state index contributed by atoms with van der Waals surface area (Å²) in [7, 11) is 1.73. The molecule has 0 saturated heterocycles. The molecule has 0 radical (unpaired) electrons. The maximum absolute atomic E-state index is 5.32. The first-order valence-corrected chi connectivity index (χ1v) is 4.79. The van der Waals surface area contributed by atoms with E-state index in [1.807, 2.05) is 12.1 Å².